The van der Waals surface area contributed by atoms with E-state index in [1.54, 1.807) is 30.0 Å². The summed E-state index contributed by atoms with van der Waals surface area (Å²) in [6.45, 7) is 2.07. The molecule has 0 aliphatic rings. The number of nitrogen functional groups attached to an aromatic ring is 1. The van der Waals surface area contributed by atoms with Gasteiger partial charge in [-0.1, -0.05) is 19.1 Å². The van der Waals surface area contributed by atoms with E-state index in [1.165, 1.54) is 6.07 Å². The molecule has 100 valence electrons. The van der Waals surface area contributed by atoms with E-state index in [0.29, 0.717) is 11.3 Å². The first-order valence-electron chi connectivity index (χ1n) is 5.72. The average molecular weight is 286 g/mol. The van der Waals surface area contributed by atoms with Crippen molar-refractivity contribution in [3.63, 3.8) is 0 Å². The van der Waals surface area contributed by atoms with Gasteiger partial charge in [0, 0.05) is 11.3 Å². The predicted octanol–water partition coefficient (Wildman–Crippen LogP) is 1.89. The Balaban J connectivity index is 2.78. The molecule has 0 radical (unpaired) electrons. The van der Waals surface area contributed by atoms with Crippen LogP contribution >= 0.6 is 11.8 Å². The maximum Gasteiger partial charge on any atom is 0.179 e. The second-order valence-electron chi connectivity index (χ2n) is 3.87. The van der Waals surface area contributed by atoms with E-state index in [0.717, 1.165) is 12.2 Å². The van der Waals surface area contributed by atoms with Crippen molar-refractivity contribution in [2.24, 2.45) is 5.73 Å². The standard InChI is InChI=1S/C12H18N2O2S2/c1-2-6-17-7-8-18(15,16)11-5-3-4-10(9-11)12(13)14/h3-5,9H,2,6-8H2,1H3,(H3,13,14). The zero-order valence-corrected chi connectivity index (χ0v) is 12.0. The predicted molar refractivity (Wildman–Crippen MR) is 77.1 cm³/mol. The van der Waals surface area contributed by atoms with Gasteiger partial charge in [-0.05, 0) is 24.3 Å². The van der Waals surface area contributed by atoms with E-state index in [1.807, 2.05) is 0 Å². The first-order valence-corrected chi connectivity index (χ1v) is 8.53. The molecule has 0 aliphatic heterocycles. The molecule has 6 heteroatoms. The highest BCUT2D eigenvalue weighted by molar-refractivity contribution is 8.00. The summed E-state index contributed by atoms with van der Waals surface area (Å²) in [5.74, 6) is 1.58. The molecule has 0 fully saturated rings. The maximum absolute atomic E-state index is 12.0. The molecule has 1 aromatic rings. The van der Waals surface area contributed by atoms with Crippen molar-refractivity contribution < 1.29 is 8.42 Å². The second kappa shape index (κ2) is 6.80. The summed E-state index contributed by atoms with van der Waals surface area (Å²) in [4.78, 5) is 0.243. The molecule has 1 rings (SSSR count). The molecule has 0 saturated carbocycles. The zero-order chi connectivity index (χ0) is 13.6. The molecule has 0 aromatic heterocycles. The lowest BCUT2D eigenvalue weighted by atomic mass is 10.2. The number of thioether (sulfide) groups is 1. The highest BCUT2D eigenvalue weighted by Crippen LogP contribution is 2.15. The summed E-state index contributed by atoms with van der Waals surface area (Å²) in [7, 11) is -3.27. The number of amidine groups is 1. The monoisotopic (exact) mass is 286 g/mol. The van der Waals surface area contributed by atoms with E-state index >= 15 is 0 Å². The molecule has 0 heterocycles. The Bertz CT molecular complexity index is 513. The molecular weight excluding hydrogens is 268 g/mol. The molecule has 0 bridgehead atoms. The fourth-order valence-corrected chi connectivity index (χ4v) is 4.06. The number of nitrogens with one attached hydrogen (secondary N) is 1. The van der Waals surface area contributed by atoms with E-state index in [4.69, 9.17) is 11.1 Å². The minimum Gasteiger partial charge on any atom is -0.384 e. The average Bonchev–Trinajstić information content (AvgIpc) is 2.35. The van der Waals surface area contributed by atoms with Gasteiger partial charge >= 0.3 is 0 Å². The highest BCUT2D eigenvalue weighted by Gasteiger charge is 2.14. The van der Waals surface area contributed by atoms with E-state index in [9.17, 15) is 8.42 Å². The van der Waals surface area contributed by atoms with Crippen LogP contribution in [0.4, 0.5) is 0 Å². The smallest absolute Gasteiger partial charge is 0.179 e. The van der Waals surface area contributed by atoms with Crippen LogP contribution in [0.1, 0.15) is 18.9 Å². The maximum atomic E-state index is 12.0. The van der Waals surface area contributed by atoms with Crippen LogP contribution in [0.3, 0.4) is 0 Å². The minimum atomic E-state index is -3.27. The molecule has 4 nitrogen and oxygen atoms in total. The Kier molecular flexibility index (Phi) is 5.68. The van der Waals surface area contributed by atoms with Crippen molar-refractivity contribution in [3.05, 3.63) is 29.8 Å². The fourth-order valence-electron chi connectivity index (χ4n) is 1.39. The number of rotatable bonds is 7. The highest BCUT2D eigenvalue weighted by atomic mass is 32.2. The Hall–Kier alpha value is -1.01. The third-order valence-corrected chi connectivity index (χ3v) is 5.51. The molecule has 1 aromatic carbocycles. The Morgan fingerprint density at radius 3 is 2.72 bits per heavy atom. The molecule has 0 spiro atoms. The van der Waals surface area contributed by atoms with E-state index < -0.39 is 9.84 Å². The molecule has 18 heavy (non-hydrogen) atoms. The Labute approximate surface area is 112 Å². The topological polar surface area (TPSA) is 84.0 Å². The van der Waals surface area contributed by atoms with Crippen LogP contribution in [-0.2, 0) is 9.84 Å². The van der Waals surface area contributed by atoms with Crippen LogP contribution < -0.4 is 5.73 Å². The molecule has 0 aliphatic carbocycles. The summed E-state index contributed by atoms with van der Waals surface area (Å²) >= 11 is 1.64. The van der Waals surface area contributed by atoms with Gasteiger partial charge in [-0.15, -0.1) is 0 Å². The number of benzene rings is 1. The lowest BCUT2D eigenvalue weighted by molar-refractivity contribution is 0.597. The van der Waals surface area contributed by atoms with Crippen molar-refractivity contribution in [3.8, 4) is 0 Å². The summed E-state index contributed by atoms with van der Waals surface area (Å²) in [6, 6.07) is 6.25. The van der Waals surface area contributed by atoms with Gasteiger partial charge in [0.25, 0.3) is 0 Å². The van der Waals surface area contributed by atoms with E-state index in [-0.39, 0.29) is 16.5 Å². The van der Waals surface area contributed by atoms with Gasteiger partial charge in [0.15, 0.2) is 9.84 Å². The first-order chi connectivity index (χ1) is 8.47. The number of nitrogens with two attached hydrogens (primary N) is 1. The minimum absolute atomic E-state index is 0.118. The molecule has 0 unspecified atom stereocenters. The van der Waals surface area contributed by atoms with Gasteiger partial charge in [0.2, 0.25) is 0 Å². The molecule has 0 atom stereocenters. The normalized spacial score (nSPS) is 11.4. The van der Waals surface area contributed by atoms with Gasteiger partial charge in [-0.2, -0.15) is 11.8 Å². The van der Waals surface area contributed by atoms with Crippen molar-refractivity contribution in [1.29, 1.82) is 5.41 Å². The number of hydrogen-bond acceptors (Lipinski definition) is 4. The summed E-state index contributed by atoms with van der Waals surface area (Å²) < 4.78 is 24.1. The largest absolute Gasteiger partial charge is 0.384 e. The molecular formula is C12H18N2O2S2. The van der Waals surface area contributed by atoms with Crippen molar-refractivity contribution in [2.75, 3.05) is 17.3 Å². The van der Waals surface area contributed by atoms with Gasteiger partial charge < -0.3 is 5.73 Å². The van der Waals surface area contributed by atoms with E-state index in [2.05, 4.69) is 6.92 Å². The SMILES string of the molecule is CCCSCCS(=O)(=O)c1cccc(C(=N)N)c1. The Morgan fingerprint density at radius 2 is 2.11 bits per heavy atom. The fraction of sp³-hybridized carbons (Fsp3) is 0.417. The lowest BCUT2D eigenvalue weighted by Crippen LogP contribution is -2.14. The van der Waals surface area contributed by atoms with Crippen LogP contribution in [0, 0.1) is 5.41 Å². The lowest BCUT2D eigenvalue weighted by Gasteiger charge is -2.06. The van der Waals surface area contributed by atoms with Gasteiger partial charge in [-0.25, -0.2) is 8.42 Å². The molecule has 0 amide bonds. The van der Waals surface area contributed by atoms with Crippen molar-refractivity contribution >= 4 is 27.4 Å². The molecule has 3 N–H and O–H groups in total. The number of sulfone groups is 1. The summed E-state index contributed by atoms with van der Waals surface area (Å²) in [5.41, 5.74) is 5.79. The van der Waals surface area contributed by atoms with Crippen LogP contribution in [0.2, 0.25) is 0 Å². The van der Waals surface area contributed by atoms with Gasteiger partial charge in [-0.3, -0.25) is 5.41 Å². The zero-order valence-electron chi connectivity index (χ0n) is 10.3. The second-order valence-corrected chi connectivity index (χ2v) is 7.21. The van der Waals surface area contributed by atoms with Crippen LogP contribution in [0.15, 0.2) is 29.2 Å². The van der Waals surface area contributed by atoms with Crippen molar-refractivity contribution in [2.45, 2.75) is 18.2 Å². The quantitative estimate of drug-likeness (QED) is 0.455. The van der Waals surface area contributed by atoms with Gasteiger partial charge in [0.05, 0.1) is 10.6 Å². The summed E-state index contributed by atoms with van der Waals surface area (Å²) in [5, 5.41) is 7.31. The van der Waals surface area contributed by atoms with Crippen LogP contribution in [0.5, 0.6) is 0 Å². The third-order valence-electron chi connectivity index (χ3n) is 2.35. The van der Waals surface area contributed by atoms with Crippen molar-refractivity contribution in [1.82, 2.24) is 0 Å². The third kappa shape index (κ3) is 4.34. The Morgan fingerprint density at radius 1 is 1.39 bits per heavy atom. The summed E-state index contributed by atoms with van der Waals surface area (Å²) in [6.07, 6.45) is 1.05. The molecule has 0 saturated heterocycles. The van der Waals surface area contributed by atoms with Crippen LogP contribution in [0.25, 0.3) is 0 Å². The first kappa shape index (κ1) is 15.0. The number of hydrogen-bond donors (Lipinski definition) is 2. The van der Waals surface area contributed by atoms with Gasteiger partial charge in [0.1, 0.15) is 5.84 Å². The van der Waals surface area contributed by atoms with Crippen LogP contribution in [-0.4, -0.2) is 31.5 Å².